The van der Waals surface area contributed by atoms with Crippen LogP contribution in [0.3, 0.4) is 0 Å². The quantitative estimate of drug-likeness (QED) is 0.320. The summed E-state index contributed by atoms with van der Waals surface area (Å²) < 4.78 is 79.5. The highest BCUT2D eigenvalue weighted by Gasteiger charge is 2.43. The Morgan fingerprint density at radius 2 is 1.49 bits per heavy atom. The number of aliphatic hydroxyl groups excluding tert-OH is 2. The summed E-state index contributed by atoms with van der Waals surface area (Å²) in [6.07, 6.45) is -8.09. The number of aliphatic hydroxyl groups is 2. The van der Waals surface area contributed by atoms with Gasteiger partial charge in [-0.2, -0.15) is 26.3 Å². The minimum absolute atomic E-state index is 0.00782. The van der Waals surface area contributed by atoms with Crippen LogP contribution in [0.2, 0.25) is 0 Å². The van der Waals surface area contributed by atoms with Crippen molar-refractivity contribution in [3.8, 4) is 0 Å². The van der Waals surface area contributed by atoms with E-state index in [1.807, 2.05) is 23.1 Å². The molecule has 3 N–H and O–H groups in total. The maximum absolute atomic E-state index is 13.7. The Morgan fingerprint density at radius 1 is 0.902 bits per heavy atom. The molecular weight excluding hydrogens is 552 g/mol. The van der Waals surface area contributed by atoms with E-state index in [1.54, 1.807) is 19.1 Å². The third-order valence-electron chi connectivity index (χ3n) is 7.73. The summed E-state index contributed by atoms with van der Waals surface area (Å²) >= 11 is 0. The van der Waals surface area contributed by atoms with Gasteiger partial charge in [-0.1, -0.05) is 30.3 Å². The molecule has 228 valence electrons. The molecule has 0 aromatic heterocycles. The van der Waals surface area contributed by atoms with Crippen LogP contribution in [0.25, 0.3) is 0 Å². The number of nitrogens with one attached hydrogen (secondary N) is 1. The molecule has 2 aromatic rings. The Hall–Kier alpha value is -2.67. The predicted molar refractivity (Wildman–Crippen MR) is 142 cm³/mol. The standard InChI is InChI=1S/C29H37F6N3O3/c1-27(22-6-3-2-4-7-22,38-13-9-25(10-14-38)37(15-17-40)12-5-16-39)26(41)36-11-8-21-18-23(28(30,31)32)20-24(19-21)29(33,34)35/h2-4,6-7,18-20,25,39-40H,5,8-17H2,1H3,(H,36,41). The summed E-state index contributed by atoms with van der Waals surface area (Å²) in [5.41, 5.74) is -3.38. The van der Waals surface area contributed by atoms with Crippen molar-refractivity contribution in [1.29, 1.82) is 0 Å². The minimum atomic E-state index is -4.94. The summed E-state index contributed by atoms with van der Waals surface area (Å²) in [5, 5.41) is 21.4. The number of carbonyl (C=O) groups is 1. The number of carbonyl (C=O) groups excluding carboxylic acids is 1. The van der Waals surface area contributed by atoms with Crippen LogP contribution < -0.4 is 5.32 Å². The molecule has 1 aliphatic rings. The van der Waals surface area contributed by atoms with Crippen molar-refractivity contribution in [2.24, 2.45) is 0 Å². The summed E-state index contributed by atoms with van der Waals surface area (Å²) in [7, 11) is 0. The first-order valence-electron chi connectivity index (χ1n) is 13.6. The first kappa shape index (κ1) is 32.8. The number of nitrogens with zero attached hydrogens (tertiary/aromatic N) is 2. The van der Waals surface area contributed by atoms with E-state index in [9.17, 15) is 41.4 Å². The fourth-order valence-electron chi connectivity index (χ4n) is 5.43. The fraction of sp³-hybridized carbons (Fsp3) is 0.552. The summed E-state index contributed by atoms with van der Waals surface area (Å²) in [5.74, 6) is -0.405. The van der Waals surface area contributed by atoms with Gasteiger partial charge in [0.1, 0.15) is 5.54 Å². The molecule has 1 amide bonds. The second-order valence-corrected chi connectivity index (χ2v) is 10.4. The van der Waals surface area contributed by atoms with Crippen LogP contribution in [0, 0.1) is 0 Å². The lowest BCUT2D eigenvalue weighted by Crippen LogP contribution is -2.58. The van der Waals surface area contributed by atoms with E-state index in [0.717, 1.165) is 0 Å². The third kappa shape index (κ3) is 8.43. The molecule has 0 aliphatic carbocycles. The van der Waals surface area contributed by atoms with E-state index in [2.05, 4.69) is 10.2 Å². The predicted octanol–water partition coefficient (Wildman–Crippen LogP) is 4.44. The second kappa shape index (κ2) is 14.0. The van der Waals surface area contributed by atoms with E-state index < -0.39 is 34.9 Å². The normalized spacial score (nSPS) is 17.0. The molecule has 6 nitrogen and oxygen atoms in total. The summed E-state index contributed by atoms with van der Waals surface area (Å²) in [6.45, 7) is 3.87. The monoisotopic (exact) mass is 589 g/mol. The van der Waals surface area contributed by atoms with Gasteiger partial charge in [-0.15, -0.1) is 0 Å². The van der Waals surface area contributed by atoms with Crippen molar-refractivity contribution in [3.63, 3.8) is 0 Å². The van der Waals surface area contributed by atoms with E-state index in [-0.39, 0.29) is 43.9 Å². The highest BCUT2D eigenvalue weighted by atomic mass is 19.4. The Bertz CT molecular complexity index is 1090. The van der Waals surface area contributed by atoms with Gasteiger partial charge in [0, 0.05) is 45.4 Å². The van der Waals surface area contributed by atoms with E-state index in [1.165, 1.54) is 0 Å². The van der Waals surface area contributed by atoms with Gasteiger partial charge in [0.25, 0.3) is 0 Å². The van der Waals surface area contributed by atoms with Crippen LogP contribution in [-0.4, -0.2) is 77.9 Å². The van der Waals surface area contributed by atoms with Gasteiger partial charge in [-0.3, -0.25) is 14.6 Å². The minimum Gasteiger partial charge on any atom is -0.396 e. The molecule has 1 fully saturated rings. The van der Waals surface area contributed by atoms with Crippen LogP contribution >= 0.6 is 0 Å². The Labute approximate surface area is 235 Å². The van der Waals surface area contributed by atoms with Crippen LogP contribution in [0.5, 0.6) is 0 Å². The zero-order valence-electron chi connectivity index (χ0n) is 22.9. The lowest BCUT2D eigenvalue weighted by atomic mass is 9.86. The van der Waals surface area contributed by atoms with Crippen molar-refractivity contribution in [3.05, 3.63) is 70.8 Å². The second-order valence-electron chi connectivity index (χ2n) is 10.4. The number of benzene rings is 2. The number of alkyl halides is 6. The molecule has 1 unspecified atom stereocenters. The number of piperidine rings is 1. The summed E-state index contributed by atoms with van der Waals surface area (Å²) in [4.78, 5) is 17.9. The lowest BCUT2D eigenvalue weighted by molar-refractivity contribution is -0.143. The van der Waals surface area contributed by atoms with Crippen LogP contribution in [0.1, 0.15) is 48.4 Å². The molecule has 41 heavy (non-hydrogen) atoms. The smallest absolute Gasteiger partial charge is 0.396 e. The SMILES string of the molecule is CC(C(=O)NCCc1cc(C(F)(F)F)cc(C(F)(F)F)c1)(c1ccccc1)N1CCC(N(CCO)CCCO)CC1. The van der Waals surface area contributed by atoms with Gasteiger partial charge < -0.3 is 15.5 Å². The van der Waals surface area contributed by atoms with Crippen molar-refractivity contribution < 1.29 is 41.4 Å². The molecule has 0 bridgehead atoms. The molecule has 1 atom stereocenters. The molecule has 0 spiro atoms. The van der Waals surface area contributed by atoms with Crippen LogP contribution in [-0.2, 0) is 29.1 Å². The molecule has 2 aromatic carbocycles. The van der Waals surface area contributed by atoms with Crippen molar-refractivity contribution in [2.45, 2.75) is 56.5 Å². The maximum Gasteiger partial charge on any atom is 0.416 e. The zero-order chi connectivity index (χ0) is 30.3. The topological polar surface area (TPSA) is 76.0 Å². The third-order valence-corrected chi connectivity index (χ3v) is 7.73. The van der Waals surface area contributed by atoms with Gasteiger partial charge in [0.2, 0.25) is 5.91 Å². The maximum atomic E-state index is 13.7. The first-order chi connectivity index (χ1) is 19.3. The number of hydrogen-bond donors (Lipinski definition) is 3. The summed E-state index contributed by atoms with van der Waals surface area (Å²) in [6, 6.07) is 10.6. The zero-order valence-corrected chi connectivity index (χ0v) is 22.9. The van der Waals surface area contributed by atoms with E-state index in [0.29, 0.717) is 63.1 Å². The average Bonchev–Trinajstić information content (AvgIpc) is 2.94. The number of rotatable bonds is 12. The number of hydrogen-bond acceptors (Lipinski definition) is 5. The van der Waals surface area contributed by atoms with E-state index >= 15 is 0 Å². The highest BCUT2D eigenvalue weighted by Crippen LogP contribution is 2.37. The fourth-order valence-corrected chi connectivity index (χ4v) is 5.43. The average molecular weight is 590 g/mol. The highest BCUT2D eigenvalue weighted by molar-refractivity contribution is 5.87. The molecule has 1 saturated heterocycles. The van der Waals surface area contributed by atoms with Crippen molar-refractivity contribution >= 4 is 5.91 Å². The van der Waals surface area contributed by atoms with Gasteiger partial charge in [-0.25, -0.2) is 0 Å². The Morgan fingerprint density at radius 3 is 2.00 bits per heavy atom. The van der Waals surface area contributed by atoms with E-state index in [4.69, 9.17) is 0 Å². The first-order valence-corrected chi connectivity index (χ1v) is 13.6. The van der Waals surface area contributed by atoms with Gasteiger partial charge in [-0.05, 0) is 61.9 Å². The lowest BCUT2D eigenvalue weighted by Gasteiger charge is -2.46. The molecule has 0 radical (unpaired) electrons. The van der Waals surface area contributed by atoms with Crippen LogP contribution in [0.4, 0.5) is 26.3 Å². The largest absolute Gasteiger partial charge is 0.416 e. The molecule has 3 rings (SSSR count). The van der Waals surface area contributed by atoms with Gasteiger partial charge >= 0.3 is 12.4 Å². The van der Waals surface area contributed by atoms with Gasteiger partial charge in [0.05, 0.1) is 17.7 Å². The Balaban J connectivity index is 1.76. The van der Waals surface area contributed by atoms with Crippen molar-refractivity contribution in [2.75, 3.05) is 45.9 Å². The number of likely N-dealkylation sites (tertiary alicyclic amines) is 1. The van der Waals surface area contributed by atoms with Gasteiger partial charge in [0.15, 0.2) is 0 Å². The molecule has 0 saturated carbocycles. The number of amides is 1. The molecule has 1 aliphatic heterocycles. The molecular formula is C29H37F6N3O3. The molecule has 1 heterocycles. The molecule has 12 heteroatoms. The van der Waals surface area contributed by atoms with Crippen LogP contribution in [0.15, 0.2) is 48.5 Å². The number of halogens is 6. The Kier molecular flexibility index (Phi) is 11.2. The van der Waals surface area contributed by atoms with Crippen molar-refractivity contribution in [1.82, 2.24) is 15.1 Å².